The van der Waals surface area contributed by atoms with Gasteiger partial charge in [-0.05, 0) is 43.2 Å². The number of thiophene rings is 1. The number of carbonyl (C=O) groups is 1. The second kappa shape index (κ2) is 11.5. The topological polar surface area (TPSA) is 141 Å². The number of benzene rings is 1. The molecule has 0 radical (unpaired) electrons. The highest BCUT2D eigenvalue weighted by Crippen LogP contribution is 2.41. The van der Waals surface area contributed by atoms with Gasteiger partial charge >= 0.3 is 5.97 Å². The van der Waals surface area contributed by atoms with Crippen LogP contribution < -0.4 is 11.1 Å². The highest BCUT2D eigenvalue weighted by Gasteiger charge is 2.22. The van der Waals surface area contributed by atoms with E-state index in [9.17, 15) is 14.3 Å². The number of fused-ring (bicyclic) bond motifs is 1. The van der Waals surface area contributed by atoms with Crippen LogP contribution in [0.15, 0.2) is 35.3 Å². The third kappa shape index (κ3) is 6.28. The van der Waals surface area contributed by atoms with Crippen LogP contribution in [0.3, 0.4) is 0 Å². The molecule has 0 aliphatic rings. The summed E-state index contributed by atoms with van der Waals surface area (Å²) in [5.74, 6) is -0.933. The lowest BCUT2D eigenvalue weighted by atomic mass is 10.0. The number of aliphatic imine (C=N–C) groups is 1. The Morgan fingerprint density at radius 3 is 2.45 bits per heavy atom. The van der Waals surface area contributed by atoms with Crippen LogP contribution in [0.25, 0.3) is 21.3 Å². The summed E-state index contributed by atoms with van der Waals surface area (Å²) in [4.78, 5) is 21.1. The van der Waals surface area contributed by atoms with E-state index in [1.807, 2.05) is 13.0 Å². The Morgan fingerprint density at radius 2 is 1.90 bits per heavy atom. The van der Waals surface area contributed by atoms with E-state index in [0.29, 0.717) is 28.3 Å². The van der Waals surface area contributed by atoms with Gasteiger partial charge < -0.3 is 26.4 Å². The zero-order chi connectivity index (χ0) is 23.0. The van der Waals surface area contributed by atoms with Gasteiger partial charge in [0.05, 0.1) is 31.3 Å². The maximum atomic E-state index is 13.3. The number of pyridine rings is 1. The molecule has 0 amide bonds. The number of carboxylic acids is 1. The molecule has 0 bridgehead atoms. The fraction of sp³-hybridized carbons (Fsp3) is 0.286. The van der Waals surface area contributed by atoms with Gasteiger partial charge in [0.25, 0.3) is 0 Å². The Labute approximate surface area is 182 Å². The van der Waals surface area contributed by atoms with Crippen LogP contribution in [0.5, 0.6) is 0 Å². The minimum Gasteiger partial charge on any atom is -0.477 e. The normalized spacial score (nSPS) is 11.2. The molecule has 3 aromatic rings. The number of nitrogens with two attached hydrogens (primary N) is 1. The molecule has 31 heavy (non-hydrogen) atoms. The Kier molecular flexibility index (Phi) is 9.01. The molecule has 166 valence electrons. The van der Waals surface area contributed by atoms with Crippen molar-refractivity contribution in [3.8, 4) is 11.1 Å². The molecule has 0 atom stereocenters. The van der Waals surface area contributed by atoms with E-state index in [4.69, 9.17) is 15.9 Å². The number of halogens is 1. The Balaban J connectivity index is 0.000000785. The number of carboxylic acid groups (broad SMARTS) is 1. The molecule has 2 aromatic heterocycles. The standard InChI is InChI=1S/C19H18FN3O3S.C2H7NO/c1-10-9-14(12-3-5-13(20)6-4-12)15-16(23-11(2)21-7-8-24)17(19(25)26)27-18(15)22-10;3-1-2-4/h3-6,9,24H,7-8H2,1-2H3,(H,21,23)(H,25,26);4H,1-3H2. The summed E-state index contributed by atoms with van der Waals surface area (Å²) in [6.07, 6.45) is 0. The second-order valence-electron chi connectivity index (χ2n) is 6.44. The number of hydrogen-bond donors (Lipinski definition) is 5. The van der Waals surface area contributed by atoms with Crippen LogP contribution in [-0.2, 0) is 0 Å². The Morgan fingerprint density at radius 1 is 1.26 bits per heavy atom. The lowest BCUT2D eigenvalue weighted by molar-refractivity contribution is 0.0703. The first kappa shape index (κ1) is 24.4. The van der Waals surface area contributed by atoms with Crippen LogP contribution in [0, 0.1) is 12.7 Å². The average molecular weight is 449 g/mol. The molecule has 10 heteroatoms. The SMILES string of the molecule is CC(=NCCO)Nc1c(C(=O)O)sc2nc(C)cc(-c3ccc(F)cc3)c12.NCCO. The minimum absolute atomic E-state index is 0.0972. The largest absolute Gasteiger partial charge is 0.477 e. The summed E-state index contributed by atoms with van der Waals surface area (Å²) in [6.45, 7) is 4.11. The zero-order valence-electron chi connectivity index (χ0n) is 17.2. The first-order valence-electron chi connectivity index (χ1n) is 9.45. The van der Waals surface area contributed by atoms with Crippen molar-refractivity contribution in [3.05, 3.63) is 46.7 Å². The van der Waals surface area contributed by atoms with Crippen molar-refractivity contribution in [1.29, 1.82) is 0 Å². The molecule has 0 aliphatic heterocycles. The van der Waals surface area contributed by atoms with Crippen LogP contribution in [0.1, 0.15) is 22.3 Å². The van der Waals surface area contributed by atoms with Gasteiger partial charge in [0.15, 0.2) is 0 Å². The van der Waals surface area contributed by atoms with Gasteiger partial charge in [-0.3, -0.25) is 4.99 Å². The predicted molar refractivity (Wildman–Crippen MR) is 122 cm³/mol. The van der Waals surface area contributed by atoms with E-state index in [0.717, 1.165) is 28.2 Å². The van der Waals surface area contributed by atoms with Gasteiger partial charge in [-0.1, -0.05) is 12.1 Å². The maximum Gasteiger partial charge on any atom is 0.348 e. The lowest BCUT2D eigenvalue weighted by Crippen LogP contribution is -2.11. The lowest BCUT2D eigenvalue weighted by Gasteiger charge is -2.10. The molecule has 0 saturated carbocycles. The van der Waals surface area contributed by atoms with Crippen LogP contribution >= 0.6 is 11.3 Å². The quantitative estimate of drug-likeness (QED) is 0.288. The molecule has 8 nitrogen and oxygen atoms in total. The van der Waals surface area contributed by atoms with Crippen molar-refractivity contribution in [1.82, 2.24) is 4.98 Å². The van der Waals surface area contributed by atoms with E-state index >= 15 is 0 Å². The van der Waals surface area contributed by atoms with E-state index in [2.05, 4.69) is 15.3 Å². The molecule has 6 N–H and O–H groups in total. The number of aliphatic hydroxyl groups is 2. The molecule has 0 spiro atoms. The minimum atomic E-state index is -1.07. The maximum absolute atomic E-state index is 13.3. The first-order valence-corrected chi connectivity index (χ1v) is 10.3. The van der Waals surface area contributed by atoms with Gasteiger partial charge in [0, 0.05) is 17.6 Å². The Bertz CT molecular complexity index is 1070. The smallest absolute Gasteiger partial charge is 0.348 e. The van der Waals surface area contributed by atoms with Gasteiger partial charge in [0.2, 0.25) is 0 Å². The number of aromatic nitrogens is 1. The highest BCUT2D eigenvalue weighted by atomic mass is 32.1. The first-order chi connectivity index (χ1) is 14.8. The fourth-order valence-electron chi connectivity index (χ4n) is 2.79. The van der Waals surface area contributed by atoms with Gasteiger partial charge in [0.1, 0.15) is 15.5 Å². The number of anilines is 1. The molecular formula is C21H25FN4O4S. The van der Waals surface area contributed by atoms with Gasteiger partial charge in [-0.15, -0.1) is 11.3 Å². The van der Waals surface area contributed by atoms with E-state index in [1.165, 1.54) is 12.1 Å². The van der Waals surface area contributed by atoms with Crippen molar-refractivity contribution in [3.63, 3.8) is 0 Å². The number of aliphatic hydroxyl groups excluding tert-OH is 2. The fourth-order valence-corrected chi connectivity index (χ4v) is 3.83. The van der Waals surface area contributed by atoms with E-state index in [-0.39, 0.29) is 30.5 Å². The van der Waals surface area contributed by atoms with Crippen molar-refractivity contribution in [2.24, 2.45) is 10.7 Å². The molecule has 1 aromatic carbocycles. The summed E-state index contributed by atoms with van der Waals surface area (Å²) >= 11 is 1.07. The van der Waals surface area contributed by atoms with Crippen LogP contribution in [0.4, 0.5) is 10.1 Å². The molecule has 3 rings (SSSR count). The molecule has 0 aliphatic carbocycles. The number of aromatic carboxylic acids is 1. The summed E-state index contributed by atoms with van der Waals surface area (Å²) < 4.78 is 13.3. The number of nitrogens with one attached hydrogen (secondary N) is 1. The third-order valence-corrected chi connectivity index (χ3v) is 5.10. The molecule has 0 fully saturated rings. The number of nitrogens with zero attached hydrogens (tertiary/aromatic N) is 2. The number of amidine groups is 1. The summed E-state index contributed by atoms with van der Waals surface area (Å²) in [7, 11) is 0. The van der Waals surface area contributed by atoms with Crippen molar-refractivity contribution < 1.29 is 24.5 Å². The predicted octanol–water partition coefficient (Wildman–Crippen LogP) is 2.87. The van der Waals surface area contributed by atoms with E-state index < -0.39 is 5.97 Å². The Hall–Kier alpha value is -2.92. The summed E-state index contributed by atoms with van der Waals surface area (Å²) in [5.41, 5.74) is 7.43. The monoisotopic (exact) mass is 448 g/mol. The molecule has 0 unspecified atom stereocenters. The summed E-state index contributed by atoms with van der Waals surface area (Å²) in [5, 5.41) is 30.0. The van der Waals surface area contributed by atoms with Crippen molar-refractivity contribution in [2.75, 3.05) is 31.6 Å². The van der Waals surface area contributed by atoms with Crippen LogP contribution in [-0.4, -0.2) is 58.4 Å². The van der Waals surface area contributed by atoms with E-state index in [1.54, 1.807) is 19.1 Å². The highest BCUT2D eigenvalue weighted by molar-refractivity contribution is 7.21. The zero-order valence-corrected chi connectivity index (χ0v) is 18.0. The number of hydrogen-bond acceptors (Lipinski definition) is 7. The van der Waals surface area contributed by atoms with Crippen molar-refractivity contribution >= 4 is 39.0 Å². The van der Waals surface area contributed by atoms with Crippen molar-refractivity contribution in [2.45, 2.75) is 13.8 Å². The second-order valence-corrected chi connectivity index (χ2v) is 7.44. The van der Waals surface area contributed by atoms with Gasteiger partial charge in [-0.2, -0.15) is 0 Å². The molecule has 0 saturated heterocycles. The third-order valence-electron chi connectivity index (χ3n) is 4.02. The number of rotatable bonds is 6. The number of aryl methyl sites for hydroxylation is 1. The molecule has 2 heterocycles. The average Bonchev–Trinajstić information content (AvgIpc) is 3.10. The molecular weight excluding hydrogens is 423 g/mol. The van der Waals surface area contributed by atoms with Crippen LogP contribution in [0.2, 0.25) is 0 Å². The van der Waals surface area contributed by atoms with Gasteiger partial charge in [-0.25, -0.2) is 14.2 Å². The summed E-state index contributed by atoms with van der Waals surface area (Å²) in [6, 6.07) is 7.88.